The van der Waals surface area contributed by atoms with Crippen LogP contribution >= 0.6 is 0 Å². The molecular formula is C32H41N5O5. The molecule has 3 aliphatic rings. The molecule has 0 saturated carbocycles. The normalized spacial score (nSPS) is 22.1. The highest BCUT2D eigenvalue weighted by Crippen LogP contribution is 2.27. The first-order chi connectivity index (χ1) is 20.0. The van der Waals surface area contributed by atoms with Crippen LogP contribution in [0.15, 0.2) is 60.8 Å². The minimum absolute atomic E-state index is 0.228. The summed E-state index contributed by atoms with van der Waals surface area (Å²) < 4.78 is 6.28. The number of benzene rings is 2. The van der Waals surface area contributed by atoms with Gasteiger partial charge in [-0.15, -0.1) is 0 Å². The van der Waals surface area contributed by atoms with Crippen molar-refractivity contribution in [1.82, 2.24) is 25.8 Å². The lowest BCUT2D eigenvalue weighted by atomic mass is 10.0. The number of nitrogens with zero attached hydrogens (tertiary/aromatic N) is 2. The predicted octanol–water partition coefficient (Wildman–Crippen LogP) is 1.95. The van der Waals surface area contributed by atoms with E-state index in [0.29, 0.717) is 12.2 Å². The Bertz CT molecular complexity index is 1290. The van der Waals surface area contributed by atoms with E-state index in [1.807, 2.05) is 56.3 Å². The van der Waals surface area contributed by atoms with Crippen molar-refractivity contribution >= 4 is 29.7 Å². The number of hydrogen-bond acceptors (Lipinski definition) is 6. The predicted molar refractivity (Wildman–Crippen MR) is 160 cm³/mol. The summed E-state index contributed by atoms with van der Waals surface area (Å²) in [7, 11) is 3.59. The molecule has 5 rings (SSSR count). The molecule has 2 aromatic rings. The van der Waals surface area contributed by atoms with Crippen molar-refractivity contribution in [2.75, 3.05) is 20.6 Å². The van der Waals surface area contributed by atoms with Gasteiger partial charge in [0, 0.05) is 25.6 Å². The highest BCUT2D eigenvalue weighted by atomic mass is 16.5. The Morgan fingerprint density at radius 3 is 2.36 bits per heavy atom. The molecule has 10 heteroatoms. The molecule has 3 heterocycles. The molecule has 0 unspecified atom stereocenters. The van der Waals surface area contributed by atoms with E-state index in [4.69, 9.17) is 4.74 Å². The van der Waals surface area contributed by atoms with Crippen LogP contribution in [-0.4, -0.2) is 84.3 Å². The molecule has 5 atom stereocenters. The lowest BCUT2D eigenvalue weighted by Crippen LogP contribution is -2.60. The van der Waals surface area contributed by atoms with Gasteiger partial charge in [0.05, 0.1) is 6.04 Å². The first-order valence-electron chi connectivity index (χ1n) is 14.4. The Labute approximate surface area is 247 Å². The minimum atomic E-state index is -1.01. The van der Waals surface area contributed by atoms with Crippen LogP contribution in [0.5, 0.6) is 5.75 Å². The highest BCUT2D eigenvalue weighted by molar-refractivity contribution is 5.96. The molecule has 0 aliphatic carbocycles. The molecule has 3 N–H and O–H groups in total. The first-order valence-corrected chi connectivity index (χ1v) is 14.4. The number of amides is 4. The SMILES string of the molecule is CC(C)[C@H](NC(=O)[C@H](C)N(C)C)C(=O)N1CC[C@@H]2Oc3ccc(cc3)C=CNC(=O)[C@H](Cc3ccccc3)NC(=O)[C@H]21. The molecule has 1 saturated heterocycles. The molecule has 2 aromatic carbocycles. The van der Waals surface area contributed by atoms with Crippen molar-refractivity contribution < 1.29 is 23.9 Å². The molecule has 10 nitrogen and oxygen atoms in total. The van der Waals surface area contributed by atoms with Gasteiger partial charge in [-0.05, 0) is 56.3 Å². The molecule has 3 aliphatic heterocycles. The van der Waals surface area contributed by atoms with Gasteiger partial charge in [-0.3, -0.25) is 24.1 Å². The zero-order valence-corrected chi connectivity index (χ0v) is 24.9. The molecule has 0 radical (unpaired) electrons. The van der Waals surface area contributed by atoms with Crippen LogP contribution in [0.3, 0.4) is 0 Å². The molecule has 4 amide bonds. The third-order valence-corrected chi connectivity index (χ3v) is 7.86. The number of likely N-dealkylation sites (N-methyl/N-ethyl adjacent to an activating group) is 1. The lowest BCUT2D eigenvalue weighted by molar-refractivity contribution is -0.144. The second-order valence-corrected chi connectivity index (χ2v) is 11.5. The van der Waals surface area contributed by atoms with Crippen LogP contribution in [0.4, 0.5) is 0 Å². The van der Waals surface area contributed by atoms with E-state index >= 15 is 0 Å². The van der Waals surface area contributed by atoms with Gasteiger partial charge in [0.2, 0.25) is 23.6 Å². The van der Waals surface area contributed by atoms with Gasteiger partial charge in [0.25, 0.3) is 0 Å². The zero-order valence-electron chi connectivity index (χ0n) is 24.9. The summed E-state index contributed by atoms with van der Waals surface area (Å²) >= 11 is 0. The van der Waals surface area contributed by atoms with E-state index in [2.05, 4.69) is 16.0 Å². The average Bonchev–Trinajstić information content (AvgIpc) is 3.39. The van der Waals surface area contributed by atoms with Gasteiger partial charge in [-0.2, -0.15) is 0 Å². The monoisotopic (exact) mass is 575 g/mol. The summed E-state index contributed by atoms with van der Waals surface area (Å²) in [5.41, 5.74) is 1.74. The number of rotatable bonds is 7. The second-order valence-electron chi connectivity index (χ2n) is 11.5. The van der Waals surface area contributed by atoms with Crippen molar-refractivity contribution in [2.45, 2.75) is 63.9 Å². The van der Waals surface area contributed by atoms with E-state index < -0.39 is 36.2 Å². The standard InChI is InChI=1S/C32H41N5O5/c1-20(2)27(35-29(38)21(3)36(4)5)32(41)37-18-16-26-28(37)31(40)34-25(19-23-9-7-6-8-10-23)30(39)33-17-15-22-11-13-24(42-26)14-12-22/h6-15,17,20-21,25-28H,16,18-19H2,1-5H3,(H,33,39)(H,34,40)(H,35,38)/t21-,25-,26-,27-,28-/m0/s1. The summed E-state index contributed by atoms with van der Waals surface area (Å²) in [6.45, 7) is 5.74. The molecule has 224 valence electrons. The van der Waals surface area contributed by atoms with Crippen LogP contribution in [0.2, 0.25) is 0 Å². The Morgan fingerprint density at radius 1 is 1.02 bits per heavy atom. The second kappa shape index (κ2) is 13.7. The maximum atomic E-state index is 14.0. The Hall–Kier alpha value is -4.18. The number of ether oxygens (including phenoxy) is 1. The fourth-order valence-corrected chi connectivity index (χ4v) is 5.11. The number of hydrogen-bond donors (Lipinski definition) is 3. The van der Waals surface area contributed by atoms with Crippen molar-refractivity contribution in [3.05, 3.63) is 71.9 Å². The first kappa shape index (κ1) is 30.8. The van der Waals surface area contributed by atoms with Crippen molar-refractivity contribution in [3.63, 3.8) is 0 Å². The number of nitrogens with one attached hydrogen (secondary N) is 3. The van der Waals surface area contributed by atoms with Crippen LogP contribution in [0, 0.1) is 5.92 Å². The van der Waals surface area contributed by atoms with Gasteiger partial charge in [-0.25, -0.2) is 0 Å². The van der Waals surface area contributed by atoms with Gasteiger partial charge in [0.15, 0.2) is 0 Å². The fraction of sp³-hybridized carbons (Fsp3) is 0.438. The fourth-order valence-electron chi connectivity index (χ4n) is 5.11. The van der Waals surface area contributed by atoms with Crippen LogP contribution in [-0.2, 0) is 25.6 Å². The summed E-state index contributed by atoms with van der Waals surface area (Å²) in [6.07, 6.45) is 3.34. The van der Waals surface area contributed by atoms with E-state index in [0.717, 1.165) is 11.1 Å². The van der Waals surface area contributed by atoms with Gasteiger partial charge >= 0.3 is 0 Å². The molecule has 0 aromatic heterocycles. The van der Waals surface area contributed by atoms with E-state index in [9.17, 15) is 19.2 Å². The van der Waals surface area contributed by atoms with Gasteiger partial charge in [-0.1, -0.05) is 56.3 Å². The third-order valence-electron chi connectivity index (χ3n) is 7.86. The zero-order chi connectivity index (χ0) is 30.4. The summed E-state index contributed by atoms with van der Waals surface area (Å²) in [5.74, 6) is -1.17. The summed E-state index contributed by atoms with van der Waals surface area (Å²) in [4.78, 5) is 57.5. The molecular weight excluding hydrogens is 534 g/mol. The van der Waals surface area contributed by atoms with E-state index in [1.165, 1.54) is 4.90 Å². The van der Waals surface area contributed by atoms with Gasteiger partial charge in [0.1, 0.15) is 30.0 Å². The maximum absolute atomic E-state index is 14.0. The maximum Gasteiger partial charge on any atom is 0.247 e. The average molecular weight is 576 g/mol. The Kier molecular flexibility index (Phi) is 10.0. The molecule has 1 fully saturated rings. The number of fused-ring (bicyclic) bond motifs is 7. The topological polar surface area (TPSA) is 120 Å². The minimum Gasteiger partial charge on any atom is -0.488 e. The summed E-state index contributed by atoms with van der Waals surface area (Å²) in [6, 6.07) is 13.5. The van der Waals surface area contributed by atoms with E-state index in [-0.39, 0.29) is 36.6 Å². The molecule has 2 bridgehead atoms. The Morgan fingerprint density at radius 2 is 1.71 bits per heavy atom. The quantitative estimate of drug-likeness (QED) is 0.464. The van der Waals surface area contributed by atoms with E-state index in [1.54, 1.807) is 50.3 Å². The highest BCUT2D eigenvalue weighted by Gasteiger charge is 2.46. The van der Waals surface area contributed by atoms with Crippen LogP contribution < -0.4 is 20.7 Å². The number of carbonyl (C=O) groups is 4. The summed E-state index contributed by atoms with van der Waals surface area (Å²) in [5, 5.41) is 8.59. The largest absolute Gasteiger partial charge is 0.488 e. The van der Waals surface area contributed by atoms with Crippen molar-refractivity contribution in [3.8, 4) is 5.75 Å². The number of likely N-dealkylation sites (tertiary alicyclic amines) is 1. The van der Waals surface area contributed by atoms with Gasteiger partial charge < -0.3 is 25.6 Å². The molecule has 42 heavy (non-hydrogen) atoms. The lowest BCUT2D eigenvalue weighted by Gasteiger charge is -2.33. The van der Waals surface area contributed by atoms with Crippen LogP contribution in [0.25, 0.3) is 6.08 Å². The smallest absolute Gasteiger partial charge is 0.247 e. The number of carbonyl (C=O) groups excluding carboxylic acids is 4. The molecule has 0 spiro atoms. The Balaban J connectivity index is 1.66. The third kappa shape index (κ3) is 7.36. The van der Waals surface area contributed by atoms with Crippen molar-refractivity contribution in [1.29, 1.82) is 0 Å². The van der Waals surface area contributed by atoms with Crippen molar-refractivity contribution in [2.24, 2.45) is 5.92 Å². The van der Waals surface area contributed by atoms with Crippen LogP contribution in [0.1, 0.15) is 38.3 Å².